The number of esters is 1. The van der Waals surface area contributed by atoms with Crippen LogP contribution in [0.2, 0.25) is 5.02 Å². The highest BCUT2D eigenvalue weighted by Crippen LogP contribution is 2.28. The van der Waals surface area contributed by atoms with Crippen molar-refractivity contribution in [3.05, 3.63) is 58.1 Å². The first-order valence-corrected chi connectivity index (χ1v) is 12.3. The molecule has 2 aromatic carbocycles. The number of benzene rings is 2. The molecular weight excluding hydrogens is 452 g/mol. The first-order valence-electron chi connectivity index (χ1n) is 10.5. The standard InChI is InChI=1S/C23H27ClN2O5S/c1-15(2)18-8-6-7-16(3)22(18)25-21(27)14-31-23(28)19-13-17(9-10-20(19)24)32(29,30)26-11-4-5-12-26/h6-10,13,15H,4-5,11-12,14H2,1-3H3,(H,25,27). The molecule has 1 amide bonds. The molecule has 1 aliphatic rings. The molecule has 1 heterocycles. The van der Waals surface area contributed by atoms with E-state index in [1.165, 1.54) is 22.5 Å². The molecule has 1 saturated heterocycles. The zero-order valence-corrected chi connectivity index (χ0v) is 19.9. The Morgan fingerprint density at radius 1 is 1.16 bits per heavy atom. The van der Waals surface area contributed by atoms with E-state index in [9.17, 15) is 18.0 Å². The molecule has 7 nitrogen and oxygen atoms in total. The molecular formula is C23H27ClN2O5S. The number of amides is 1. The Kier molecular flexibility index (Phi) is 7.59. The third-order valence-corrected chi connectivity index (χ3v) is 7.61. The first-order chi connectivity index (χ1) is 15.1. The van der Waals surface area contributed by atoms with Crippen LogP contribution in [0, 0.1) is 6.92 Å². The van der Waals surface area contributed by atoms with E-state index in [0.717, 1.165) is 24.0 Å². The lowest BCUT2D eigenvalue weighted by atomic mass is 9.98. The minimum atomic E-state index is -3.71. The molecule has 0 aromatic heterocycles. The minimum absolute atomic E-state index is 0.0262. The highest BCUT2D eigenvalue weighted by Gasteiger charge is 2.28. The number of anilines is 1. The number of sulfonamides is 1. The molecule has 2 aromatic rings. The Balaban J connectivity index is 1.71. The first kappa shape index (κ1) is 24.2. The molecule has 0 unspecified atom stereocenters. The third-order valence-electron chi connectivity index (χ3n) is 5.39. The highest BCUT2D eigenvalue weighted by molar-refractivity contribution is 7.89. The van der Waals surface area contributed by atoms with Crippen molar-refractivity contribution in [2.24, 2.45) is 0 Å². The summed E-state index contributed by atoms with van der Waals surface area (Å²) in [6, 6.07) is 9.67. The van der Waals surface area contributed by atoms with Crippen molar-refractivity contribution in [1.29, 1.82) is 0 Å². The largest absolute Gasteiger partial charge is 0.452 e. The Labute approximate surface area is 193 Å². The van der Waals surface area contributed by atoms with Gasteiger partial charge in [0.25, 0.3) is 5.91 Å². The summed E-state index contributed by atoms with van der Waals surface area (Å²) in [7, 11) is -3.71. The summed E-state index contributed by atoms with van der Waals surface area (Å²) in [5.41, 5.74) is 2.48. The van der Waals surface area contributed by atoms with Crippen LogP contribution in [0.5, 0.6) is 0 Å². The van der Waals surface area contributed by atoms with Gasteiger partial charge in [-0.15, -0.1) is 0 Å². The van der Waals surface area contributed by atoms with Crippen molar-refractivity contribution < 1.29 is 22.7 Å². The molecule has 0 saturated carbocycles. The van der Waals surface area contributed by atoms with Gasteiger partial charge in [0, 0.05) is 18.8 Å². The number of para-hydroxylation sites is 1. The summed E-state index contributed by atoms with van der Waals surface area (Å²) in [6.45, 7) is 6.30. The van der Waals surface area contributed by atoms with Gasteiger partial charge in [0.15, 0.2) is 6.61 Å². The van der Waals surface area contributed by atoms with E-state index in [1.54, 1.807) is 0 Å². The van der Waals surface area contributed by atoms with Crippen molar-refractivity contribution in [3.8, 4) is 0 Å². The van der Waals surface area contributed by atoms with Gasteiger partial charge in [0.05, 0.1) is 15.5 Å². The topological polar surface area (TPSA) is 92.8 Å². The van der Waals surface area contributed by atoms with E-state index in [0.29, 0.717) is 18.8 Å². The Morgan fingerprint density at radius 2 is 1.84 bits per heavy atom. The van der Waals surface area contributed by atoms with Gasteiger partial charge in [-0.1, -0.05) is 43.6 Å². The molecule has 9 heteroatoms. The van der Waals surface area contributed by atoms with Gasteiger partial charge in [-0.05, 0) is 55.0 Å². The predicted molar refractivity (Wildman–Crippen MR) is 124 cm³/mol. The molecule has 1 N–H and O–H groups in total. The summed E-state index contributed by atoms with van der Waals surface area (Å²) in [6.07, 6.45) is 1.60. The zero-order chi connectivity index (χ0) is 23.5. The van der Waals surface area contributed by atoms with Crippen molar-refractivity contribution in [2.45, 2.75) is 44.4 Å². The second-order valence-electron chi connectivity index (χ2n) is 8.07. The Hall–Kier alpha value is -2.42. The van der Waals surface area contributed by atoms with Gasteiger partial charge in [-0.3, -0.25) is 4.79 Å². The van der Waals surface area contributed by atoms with E-state index in [2.05, 4.69) is 5.32 Å². The monoisotopic (exact) mass is 478 g/mol. The predicted octanol–water partition coefficient (Wildman–Crippen LogP) is 4.35. The quantitative estimate of drug-likeness (QED) is 0.597. The fourth-order valence-electron chi connectivity index (χ4n) is 3.63. The second kappa shape index (κ2) is 10.0. The Morgan fingerprint density at radius 3 is 2.50 bits per heavy atom. The van der Waals surface area contributed by atoms with Crippen molar-refractivity contribution in [3.63, 3.8) is 0 Å². The fourth-order valence-corrected chi connectivity index (χ4v) is 5.36. The molecule has 172 valence electrons. The van der Waals surface area contributed by atoms with Crippen LogP contribution in [-0.2, 0) is 19.6 Å². The van der Waals surface area contributed by atoms with Gasteiger partial charge < -0.3 is 10.1 Å². The lowest BCUT2D eigenvalue weighted by molar-refractivity contribution is -0.119. The van der Waals surface area contributed by atoms with Crippen LogP contribution >= 0.6 is 11.6 Å². The average molecular weight is 479 g/mol. The van der Waals surface area contributed by atoms with Crippen LogP contribution in [0.15, 0.2) is 41.3 Å². The van der Waals surface area contributed by atoms with Gasteiger partial charge in [0.2, 0.25) is 10.0 Å². The maximum atomic E-state index is 12.8. The number of hydrogen-bond acceptors (Lipinski definition) is 5. The number of nitrogens with zero attached hydrogens (tertiary/aromatic N) is 1. The van der Waals surface area contributed by atoms with Crippen LogP contribution in [0.25, 0.3) is 0 Å². The van der Waals surface area contributed by atoms with E-state index >= 15 is 0 Å². The molecule has 0 spiro atoms. The molecule has 32 heavy (non-hydrogen) atoms. The summed E-state index contributed by atoms with van der Waals surface area (Å²) in [4.78, 5) is 25.0. The van der Waals surface area contributed by atoms with E-state index in [-0.39, 0.29) is 21.4 Å². The summed E-state index contributed by atoms with van der Waals surface area (Å²) < 4.78 is 32.1. The number of halogens is 1. The number of hydrogen-bond donors (Lipinski definition) is 1. The molecule has 1 aliphatic heterocycles. The van der Waals surface area contributed by atoms with Crippen molar-refractivity contribution >= 4 is 39.2 Å². The number of nitrogens with one attached hydrogen (secondary N) is 1. The maximum absolute atomic E-state index is 12.8. The van der Waals surface area contributed by atoms with Crippen molar-refractivity contribution in [2.75, 3.05) is 25.0 Å². The van der Waals surface area contributed by atoms with Crippen molar-refractivity contribution in [1.82, 2.24) is 4.31 Å². The Bertz CT molecular complexity index is 1130. The number of ether oxygens (including phenoxy) is 1. The lowest BCUT2D eigenvalue weighted by Gasteiger charge is -2.17. The number of carbonyl (C=O) groups is 2. The third kappa shape index (κ3) is 5.31. The molecule has 0 radical (unpaired) electrons. The zero-order valence-electron chi connectivity index (χ0n) is 18.4. The number of aryl methyl sites for hydroxylation is 1. The summed E-state index contributed by atoms with van der Waals surface area (Å²) in [5.74, 6) is -1.16. The average Bonchev–Trinajstić information content (AvgIpc) is 3.29. The van der Waals surface area contributed by atoms with Gasteiger partial charge in [-0.2, -0.15) is 4.31 Å². The normalized spacial score (nSPS) is 14.5. The number of carbonyl (C=O) groups excluding carboxylic acids is 2. The van der Waals surface area contributed by atoms with E-state index in [4.69, 9.17) is 16.3 Å². The van der Waals surface area contributed by atoms with E-state index < -0.39 is 28.5 Å². The summed E-state index contributed by atoms with van der Waals surface area (Å²) >= 11 is 6.11. The maximum Gasteiger partial charge on any atom is 0.340 e. The molecule has 3 rings (SSSR count). The highest BCUT2D eigenvalue weighted by atomic mass is 35.5. The van der Waals surface area contributed by atoms with Gasteiger partial charge >= 0.3 is 5.97 Å². The smallest absolute Gasteiger partial charge is 0.340 e. The number of rotatable bonds is 7. The molecule has 1 fully saturated rings. The molecule has 0 bridgehead atoms. The van der Waals surface area contributed by atoms with Crippen LogP contribution in [-0.4, -0.2) is 44.3 Å². The summed E-state index contributed by atoms with van der Waals surface area (Å²) in [5, 5.41) is 2.86. The van der Waals surface area contributed by atoms with Crippen LogP contribution in [0.3, 0.4) is 0 Å². The minimum Gasteiger partial charge on any atom is -0.452 e. The van der Waals surface area contributed by atoms with Gasteiger partial charge in [-0.25, -0.2) is 13.2 Å². The second-order valence-corrected chi connectivity index (χ2v) is 10.4. The van der Waals surface area contributed by atoms with Crippen LogP contribution in [0.1, 0.15) is 54.1 Å². The van der Waals surface area contributed by atoms with Gasteiger partial charge in [0.1, 0.15) is 0 Å². The molecule has 0 aliphatic carbocycles. The van der Waals surface area contributed by atoms with E-state index in [1.807, 2.05) is 39.0 Å². The lowest BCUT2D eigenvalue weighted by Crippen LogP contribution is -2.28. The SMILES string of the molecule is Cc1cccc(C(C)C)c1NC(=O)COC(=O)c1cc(S(=O)(=O)N2CCCC2)ccc1Cl. The fraction of sp³-hybridized carbons (Fsp3) is 0.391. The molecule has 0 atom stereocenters. The van der Waals surface area contributed by atoms with Crippen LogP contribution in [0.4, 0.5) is 5.69 Å². The van der Waals surface area contributed by atoms with Crippen LogP contribution < -0.4 is 5.32 Å².